The summed E-state index contributed by atoms with van der Waals surface area (Å²) in [4.78, 5) is 16.7. The fourth-order valence-corrected chi connectivity index (χ4v) is 1.31. The molecular weight excluding hydrogens is 204 g/mol. The number of aldehydes is 1. The number of nitrogens with zero attached hydrogens (tertiary/aromatic N) is 2. The van der Waals surface area contributed by atoms with Crippen molar-refractivity contribution in [2.75, 3.05) is 31.7 Å². The fourth-order valence-electron chi connectivity index (χ4n) is 1.31. The van der Waals surface area contributed by atoms with E-state index in [-0.39, 0.29) is 0 Å². The average Bonchev–Trinajstić information content (AvgIpc) is 2.35. The molecule has 0 N–H and O–H groups in total. The van der Waals surface area contributed by atoms with Crippen LogP contribution in [0.4, 0.5) is 5.82 Å². The van der Waals surface area contributed by atoms with E-state index in [0.717, 1.165) is 18.6 Å². The summed E-state index contributed by atoms with van der Waals surface area (Å²) >= 11 is 0. The molecule has 1 aromatic heterocycles. The molecule has 0 amide bonds. The van der Waals surface area contributed by atoms with Crippen molar-refractivity contribution < 1.29 is 9.53 Å². The van der Waals surface area contributed by atoms with Gasteiger partial charge in [0.2, 0.25) is 0 Å². The van der Waals surface area contributed by atoms with Gasteiger partial charge in [0.15, 0.2) is 6.29 Å². The van der Waals surface area contributed by atoms with Crippen LogP contribution >= 0.6 is 0 Å². The van der Waals surface area contributed by atoms with Crippen LogP contribution < -0.4 is 4.90 Å². The van der Waals surface area contributed by atoms with Gasteiger partial charge < -0.3 is 9.64 Å². The molecule has 86 valence electrons. The van der Waals surface area contributed by atoms with Crippen LogP contribution in [0.25, 0.3) is 0 Å². The Balaban J connectivity index is 2.74. The first kappa shape index (κ1) is 12.4. The van der Waals surface area contributed by atoms with Crippen molar-refractivity contribution in [2.45, 2.75) is 0 Å². The molecule has 4 heteroatoms. The van der Waals surface area contributed by atoms with Crippen molar-refractivity contribution in [2.24, 2.45) is 0 Å². The van der Waals surface area contributed by atoms with E-state index in [2.05, 4.69) is 11.6 Å². The normalized spacial score (nSPS) is 9.81. The minimum atomic E-state index is 0.578. The van der Waals surface area contributed by atoms with Gasteiger partial charge >= 0.3 is 0 Å². The number of anilines is 1. The third-order valence-corrected chi connectivity index (χ3v) is 2.15. The topological polar surface area (TPSA) is 42.4 Å². The molecule has 16 heavy (non-hydrogen) atoms. The first-order chi connectivity index (χ1) is 7.81. The van der Waals surface area contributed by atoms with Gasteiger partial charge in [-0.2, -0.15) is 0 Å². The van der Waals surface area contributed by atoms with Crippen molar-refractivity contribution >= 4 is 12.1 Å². The van der Waals surface area contributed by atoms with Gasteiger partial charge in [-0.15, -0.1) is 6.58 Å². The lowest BCUT2D eigenvalue weighted by Gasteiger charge is -2.21. The Bertz CT molecular complexity index is 335. The molecular formula is C12H16N2O2. The van der Waals surface area contributed by atoms with E-state index in [1.165, 1.54) is 0 Å². The summed E-state index contributed by atoms with van der Waals surface area (Å²) in [6, 6.07) is 3.57. The number of methoxy groups -OCH3 is 1. The van der Waals surface area contributed by atoms with Gasteiger partial charge in [-0.05, 0) is 12.1 Å². The molecule has 0 fully saturated rings. The lowest BCUT2D eigenvalue weighted by Crippen LogP contribution is -2.28. The van der Waals surface area contributed by atoms with Crippen molar-refractivity contribution in [3.05, 3.63) is 36.5 Å². The molecule has 0 atom stereocenters. The van der Waals surface area contributed by atoms with E-state index in [4.69, 9.17) is 4.74 Å². The van der Waals surface area contributed by atoms with Crippen LogP contribution in [0.2, 0.25) is 0 Å². The molecule has 4 nitrogen and oxygen atoms in total. The van der Waals surface area contributed by atoms with Crippen molar-refractivity contribution in [1.29, 1.82) is 0 Å². The van der Waals surface area contributed by atoms with Crippen LogP contribution in [0.5, 0.6) is 0 Å². The summed E-state index contributed by atoms with van der Waals surface area (Å²) in [5.41, 5.74) is 0.578. The Kier molecular flexibility index (Phi) is 5.22. The van der Waals surface area contributed by atoms with Crippen molar-refractivity contribution in [3.63, 3.8) is 0 Å². The Morgan fingerprint density at radius 1 is 1.56 bits per heavy atom. The van der Waals surface area contributed by atoms with Crippen LogP contribution in [0, 0.1) is 0 Å². The SMILES string of the molecule is C=CCN(CCOC)c1ccc(C=O)cn1. The fraction of sp³-hybridized carbons (Fsp3) is 0.333. The molecule has 0 aliphatic heterocycles. The molecule has 0 aromatic carbocycles. The van der Waals surface area contributed by atoms with Gasteiger partial charge in [-0.3, -0.25) is 4.79 Å². The molecule has 1 rings (SSSR count). The highest BCUT2D eigenvalue weighted by molar-refractivity contribution is 5.74. The molecule has 0 unspecified atom stereocenters. The molecule has 0 aliphatic carbocycles. The number of ether oxygens (including phenoxy) is 1. The third kappa shape index (κ3) is 3.47. The average molecular weight is 220 g/mol. The number of hydrogen-bond acceptors (Lipinski definition) is 4. The van der Waals surface area contributed by atoms with Crippen molar-refractivity contribution in [1.82, 2.24) is 4.98 Å². The lowest BCUT2D eigenvalue weighted by atomic mass is 10.3. The van der Waals surface area contributed by atoms with Crippen LogP contribution in [0.1, 0.15) is 10.4 Å². The second kappa shape index (κ2) is 6.74. The number of pyridine rings is 1. The quantitative estimate of drug-likeness (QED) is 0.516. The second-order valence-electron chi connectivity index (χ2n) is 3.30. The summed E-state index contributed by atoms with van der Waals surface area (Å²) in [6.45, 7) is 5.78. The molecule has 0 radical (unpaired) electrons. The monoisotopic (exact) mass is 220 g/mol. The van der Waals surface area contributed by atoms with Crippen LogP contribution in [-0.4, -0.2) is 38.1 Å². The summed E-state index contributed by atoms with van der Waals surface area (Å²) in [7, 11) is 1.66. The van der Waals surface area contributed by atoms with Gasteiger partial charge in [-0.1, -0.05) is 6.08 Å². The standard InChI is InChI=1S/C12H16N2O2/c1-3-6-14(7-8-16-2)12-5-4-11(10-15)9-13-12/h3-5,9-10H,1,6-8H2,2H3. The van der Waals surface area contributed by atoms with E-state index >= 15 is 0 Å². The predicted octanol–water partition coefficient (Wildman–Crippen LogP) is 1.53. The smallest absolute Gasteiger partial charge is 0.151 e. The van der Waals surface area contributed by atoms with Gasteiger partial charge in [0.1, 0.15) is 5.82 Å². The van der Waals surface area contributed by atoms with E-state index < -0.39 is 0 Å². The minimum absolute atomic E-state index is 0.578. The highest BCUT2D eigenvalue weighted by Gasteiger charge is 2.05. The number of carbonyl (C=O) groups excluding carboxylic acids is 1. The third-order valence-electron chi connectivity index (χ3n) is 2.15. The first-order valence-electron chi connectivity index (χ1n) is 5.08. The second-order valence-corrected chi connectivity index (χ2v) is 3.30. The molecule has 0 bridgehead atoms. The van der Waals surface area contributed by atoms with Crippen LogP contribution in [0.3, 0.4) is 0 Å². The van der Waals surface area contributed by atoms with Gasteiger partial charge in [-0.25, -0.2) is 4.98 Å². The number of hydrogen-bond donors (Lipinski definition) is 0. The van der Waals surface area contributed by atoms with Crippen molar-refractivity contribution in [3.8, 4) is 0 Å². The number of carbonyl (C=O) groups is 1. The largest absolute Gasteiger partial charge is 0.383 e. The van der Waals surface area contributed by atoms with E-state index in [9.17, 15) is 4.79 Å². The zero-order valence-electron chi connectivity index (χ0n) is 9.43. The first-order valence-corrected chi connectivity index (χ1v) is 5.08. The zero-order chi connectivity index (χ0) is 11.8. The lowest BCUT2D eigenvalue weighted by molar-refractivity contribution is 0.112. The zero-order valence-corrected chi connectivity index (χ0v) is 9.43. The maximum atomic E-state index is 10.5. The minimum Gasteiger partial charge on any atom is -0.383 e. The van der Waals surface area contributed by atoms with Crippen LogP contribution in [0.15, 0.2) is 31.0 Å². The molecule has 1 aromatic rings. The summed E-state index contributed by atoms with van der Waals surface area (Å²) in [5.74, 6) is 0.822. The highest BCUT2D eigenvalue weighted by Crippen LogP contribution is 2.10. The maximum Gasteiger partial charge on any atom is 0.151 e. The summed E-state index contributed by atoms with van der Waals surface area (Å²) < 4.78 is 5.03. The molecule has 0 spiro atoms. The van der Waals surface area contributed by atoms with Gasteiger partial charge in [0, 0.05) is 32.0 Å². The van der Waals surface area contributed by atoms with E-state index in [1.54, 1.807) is 19.4 Å². The Morgan fingerprint density at radius 2 is 2.38 bits per heavy atom. The number of rotatable bonds is 7. The highest BCUT2D eigenvalue weighted by atomic mass is 16.5. The predicted molar refractivity (Wildman–Crippen MR) is 63.9 cm³/mol. The molecule has 1 heterocycles. The summed E-state index contributed by atoms with van der Waals surface area (Å²) in [6.07, 6.45) is 4.15. The Morgan fingerprint density at radius 3 is 2.88 bits per heavy atom. The van der Waals surface area contributed by atoms with Crippen LogP contribution in [-0.2, 0) is 4.74 Å². The maximum absolute atomic E-state index is 10.5. The molecule has 0 saturated heterocycles. The molecule has 0 aliphatic rings. The number of aromatic nitrogens is 1. The Hall–Kier alpha value is -1.68. The van der Waals surface area contributed by atoms with E-state index in [1.807, 2.05) is 17.0 Å². The van der Waals surface area contributed by atoms with Gasteiger partial charge in [0.25, 0.3) is 0 Å². The summed E-state index contributed by atoms with van der Waals surface area (Å²) in [5, 5.41) is 0. The van der Waals surface area contributed by atoms with E-state index in [0.29, 0.717) is 18.7 Å². The Labute approximate surface area is 95.6 Å². The van der Waals surface area contributed by atoms with Gasteiger partial charge in [0.05, 0.1) is 6.61 Å². The molecule has 0 saturated carbocycles.